The standard InChI is InChI=1S/C6H5N3O/c10-4-9-3-5-1-2-7-6(5)8-9/h1-4H,(H,7,8). The van der Waals surface area contributed by atoms with Crippen LogP contribution in [0.3, 0.4) is 0 Å². The van der Waals surface area contributed by atoms with E-state index in [0.717, 1.165) is 11.0 Å². The van der Waals surface area contributed by atoms with Crippen molar-refractivity contribution in [2.45, 2.75) is 0 Å². The predicted octanol–water partition coefficient (Wildman–Crippen LogP) is 0.403. The lowest BCUT2D eigenvalue weighted by molar-refractivity contribution is 0.541. The average Bonchev–Trinajstić information content (AvgIpc) is 2.42. The molecule has 0 saturated carbocycles. The van der Waals surface area contributed by atoms with Crippen LogP contribution in [0.2, 0.25) is 0 Å². The van der Waals surface area contributed by atoms with Gasteiger partial charge in [-0.15, -0.1) is 5.10 Å². The largest absolute Gasteiger partial charge is 0.345 e. The van der Waals surface area contributed by atoms with Gasteiger partial charge in [0, 0.05) is 17.8 Å². The van der Waals surface area contributed by atoms with Crippen LogP contribution >= 0.6 is 0 Å². The lowest BCUT2D eigenvalue weighted by Crippen LogP contribution is -1.93. The van der Waals surface area contributed by atoms with Gasteiger partial charge in [-0.2, -0.15) is 0 Å². The van der Waals surface area contributed by atoms with Crippen molar-refractivity contribution in [1.29, 1.82) is 0 Å². The first kappa shape index (κ1) is 5.22. The molecule has 0 radical (unpaired) electrons. The minimum atomic E-state index is 0.661. The third-order valence-electron chi connectivity index (χ3n) is 1.35. The number of nitrogens with one attached hydrogen (secondary N) is 1. The number of hydrogen-bond acceptors (Lipinski definition) is 2. The lowest BCUT2D eigenvalue weighted by atomic mass is 10.5. The summed E-state index contributed by atoms with van der Waals surface area (Å²) in [7, 11) is 0. The molecule has 0 aliphatic carbocycles. The number of aromatic amines is 1. The van der Waals surface area contributed by atoms with E-state index in [1.165, 1.54) is 4.68 Å². The number of fused-ring (bicyclic) bond motifs is 1. The number of hydrogen-bond donors (Lipinski definition) is 1. The number of H-pyrrole nitrogens is 1. The molecular weight excluding hydrogens is 130 g/mol. The zero-order valence-corrected chi connectivity index (χ0v) is 5.11. The summed E-state index contributed by atoms with van der Waals surface area (Å²) >= 11 is 0. The molecule has 10 heavy (non-hydrogen) atoms. The fourth-order valence-electron chi connectivity index (χ4n) is 0.904. The third kappa shape index (κ3) is 0.556. The molecule has 0 spiro atoms. The average molecular weight is 135 g/mol. The van der Waals surface area contributed by atoms with E-state index in [0.29, 0.717) is 6.41 Å². The Morgan fingerprint density at radius 1 is 1.70 bits per heavy atom. The highest BCUT2D eigenvalue weighted by Crippen LogP contribution is 2.06. The van der Waals surface area contributed by atoms with Crippen LogP contribution in [0.25, 0.3) is 11.0 Å². The summed E-state index contributed by atoms with van der Waals surface area (Å²) in [4.78, 5) is 13.0. The van der Waals surface area contributed by atoms with Crippen molar-refractivity contribution in [3.05, 3.63) is 18.5 Å². The molecule has 4 nitrogen and oxygen atoms in total. The molecule has 0 amide bonds. The number of rotatable bonds is 1. The van der Waals surface area contributed by atoms with Gasteiger partial charge < -0.3 is 4.98 Å². The van der Waals surface area contributed by atoms with Crippen LogP contribution in [0, 0.1) is 0 Å². The molecule has 2 aromatic heterocycles. The van der Waals surface area contributed by atoms with Gasteiger partial charge in [0.2, 0.25) is 6.41 Å². The van der Waals surface area contributed by atoms with Gasteiger partial charge in [-0.3, -0.25) is 4.79 Å². The summed E-state index contributed by atoms with van der Waals surface area (Å²) in [6.45, 7) is 0. The Morgan fingerprint density at radius 2 is 2.60 bits per heavy atom. The van der Waals surface area contributed by atoms with Crippen molar-refractivity contribution in [3.63, 3.8) is 0 Å². The molecule has 0 unspecified atom stereocenters. The fourth-order valence-corrected chi connectivity index (χ4v) is 0.904. The quantitative estimate of drug-likeness (QED) is 0.575. The van der Waals surface area contributed by atoms with Crippen LogP contribution in [0.15, 0.2) is 18.5 Å². The number of nitrogens with zero attached hydrogens (tertiary/aromatic N) is 2. The van der Waals surface area contributed by atoms with Crippen LogP contribution < -0.4 is 0 Å². The van der Waals surface area contributed by atoms with Crippen LogP contribution in [-0.4, -0.2) is 21.2 Å². The molecule has 0 aliphatic rings. The monoisotopic (exact) mass is 135 g/mol. The second kappa shape index (κ2) is 1.70. The van der Waals surface area contributed by atoms with E-state index in [9.17, 15) is 4.79 Å². The first-order chi connectivity index (χ1) is 4.90. The summed E-state index contributed by atoms with van der Waals surface area (Å²) in [6, 6.07) is 1.86. The predicted molar refractivity (Wildman–Crippen MR) is 36.2 cm³/mol. The first-order valence-corrected chi connectivity index (χ1v) is 2.88. The van der Waals surface area contributed by atoms with Gasteiger partial charge in [-0.1, -0.05) is 0 Å². The van der Waals surface area contributed by atoms with E-state index >= 15 is 0 Å². The van der Waals surface area contributed by atoms with Crippen molar-refractivity contribution in [2.24, 2.45) is 0 Å². The minimum absolute atomic E-state index is 0.661. The molecule has 0 atom stereocenters. The number of carbonyl (C=O) groups is 1. The van der Waals surface area contributed by atoms with Crippen molar-refractivity contribution >= 4 is 17.4 Å². The SMILES string of the molecule is O=Cn1cc2cc[nH]c2n1. The molecule has 1 N–H and O–H groups in total. The summed E-state index contributed by atoms with van der Waals surface area (Å²) in [5, 5.41) is 4.84. The maximum absolute atomic E-state index is 10.2. The van der Waals surface area contributed by atoms with Gasteiger partial charge >= 0.3 is 0 Å². The van der Waals surface area contributed by atoms with E-state index in [4.69, 9.17) is 0 Å². The Balaban J connectivity index is 2.78. The highest BCUT2D eigenvalue weighted by Gasteiger charge is 1.97. The molecule has 2 rings (SSSR count). The maximum atomic E-state index is 10.2. The maximum Gasteiger partial charge on any atom is 0.234 e. The zero-order valence-electron chi connectivity index (χ0n) is 5.11. The fraction of sp³-hybridized carbons (Fsp3) is 0. The highest BCUT2D eigenvalue weighted by molar-refractivity contribution is 5.76. The van der Waals surface area contributed by atoms with Gasteiger partial charge in [-0.05, 0) is 6.07 Å². The summed E-state index contributed by atoms with van der Waals surface area (Å²) < 4.78 is 1.24. The molecule has 2 heterocycles. The lowest BCUT2D eigenvalue weighted by Gasteiger charge is -1.78. The zero-order chi connectivity index (χ0) is 6.97. The Morgan fingerprint density at radius 3 is 3.30 bits per heavy atom. The van der Waals surface area contributed by atoms with Crippen LogP contribution in [0.5, 0.6) is 0 Å². The first-order valence-electron chi connectivity index (χ1n) is 2.88. The van der Waals surface area contributed by atoms with Crippen LogP contribution in [0.4, 0.5) is 0 Å². The molecule has 50 valence electrons. The van der Waals surface area contributed by atoms with Gasteiger partial charge in [0.05, 0.1) is 0 Å². The van der Waals surface area contributed by atoms with Crippen molar-refractivity contribution in [1.82, 2.24) is 14.8 Å². The van der Waals surface area contributed by atoms with Crippen molar-refractivity contribution in [2.75, 3.05) is 0 Å². The third-order valence-corrected chi connectivity index (χ3v) is 1.35. The Hall–Kier alpha value is -1.58. The van der Waals surface area contributed by atoms with Crippen LogP contribution in [0.1, 0.15) is 0 Å². The van der Waals surface area contributed by atoms with E-state index in [2.05, 4.69) is 10.1 Å². The normalized spacial score (nSPS) is 10.4. The summed E-state index contributed by atoms with van der Waals surface area (Å²) in [5.74, 6) is 0. The van der Waals surface area contributed by atoms with Gasteiger partial charge in [0.1, 0.15) is 0 Å². The van der Waals surface area contributed by atoms with E-state index in [1.54, 1.807) is 12.4 Å². The topological polar surface area (TPSA) is 50.7 Å². The minimum Gasteiger partial charge on any atom is -0.345 e. The van der Waals surface area contributed by atoms with Crippen molar-refractivity contribution in [3.8, 4) is 0 Å². The van der Waals surface area contributed by atoms with Gasteiger partial charge in [0.15, 0.2) is 5.65 Å². The number of aromatic nitrogens is 3. The van der Waals surface area contributed by atoms with Crippen molar-refractivity contribution < 1.29 is 4.79 Å². The second-order valence-electron chi connectivity index (χ2n) is 2.00. The molecule has 2 aromatic rings. The molecule has 0 aromatic carbocycles. The Kier molecular flexibility index (Phi) is 0.887. The smallest absolute Gasteiger partial charge is 0.234 e. The van der Waals surface area contributed by atoms with Gasteiger partial charge in [0.25, 0.3) is 0 Å². The number of carbonyl (C=O) groups excluding carboxylic acids is 1. The van der Waals surface area contributed by atoms with E-state index in [1.807, 2.05) is 6.07 Å². The Bertz CT molecular complexity index is 331. The second-order valence-corrected chi connectivity index (χ2v) is 2.00. The van der Waals surface area contributed by atoms with Gasteiger partial charge in [-0.25, -0.2) is 4.68 Å². The van der Waals surface area contributed by atoms with E-state index < -0.39 is 0 Å². The van der Waals surface area contributed by atoms with Crippen LogP contribution in [-0.2, 0) is 4.79 Å². The molecule has 4 heteroatoms. The molecule has 0 saturated heterocycles. The van der Waals surface area contributed by atoms with E-state index in [-0.39, 0.29) is 0 Å². The molecule has 0 aliphatic heterocycles. The summed E-state index contributed by atoms with van der Waals surface area (Å²) in [6.07, 6.45) is 4.11. The molecular formula is C6H5N3O. The Labute approximate surface area is 56.5 Å². The molecule has 0 bridgehead atoms. The summed E-state index contributed by atoms with van der Waals surface area (Å²) in [5.41, 5.74) is 0.743. The molecule has 0 fully saturated rings. The highest BCUT2D eigenvalue weighted by atomic mass is 16.1.